The van der Waals surface area contributed by atoms with Crippen molar-refractivity contribution in [3.63, 3.8) is 0 Å². The van der Waals surface area contributed by atoms with Gasteiger partial charge in [0.2, 0.25) is 0 Å². The van der Waals surface area contributed by atoms with Crippen LogP contribution >= 0.6 is 0 Å². The van der Waals surface area contributed by atoms with Crippen LogP contribution in [0.2, 0.25) is 0 Å². The molecule has 0 saturated heterocycles. The summed E-state index contributed by atoms with van der Waals surface area (Å²) in [4.78, 5) is 31.9. The first-order valence-corrected chi connectivity index (χ1v) is 5.97. The number of hydrogen-bond donors (Lipinski definition) is 4. The second kappa shape index (κ2) is 14.4. The summed E-state index contributed by atoms with van der Waals surface area (Å²) < 4.78 is 0. The zero-order valence-corrected chi connectivity index (χ0v) is 11.8. The van der Waals surface area contributed by atoms with Gasteiger partial charge in [-0.05, 0) is 0 Å². The molecule has 8 nitrogen and oxygen atoms in total. The summed E-state index contributed by atoms with van der Waals surface area (Å²) in [5.74, 6) is -3.79. The lowest BCUT2D eigenvalue weighted by atomic mass is 10.3. The van der Waals surface area contributed by atoms with E-state index in [9.17, 15) is 14.4 Å². The fourth-order valence-electron chi connectivity index (χ4n) is 0.924. The second-order valence-corrected chi connectivity index (χ2v) is 2.90. The van der Waals surface area contributed by atoms with Crippen molar-refractivity contribution in [1.29, 1.82) is 0 Å². The second-order valence-electron chi connectivity index (χ2n) is 2.90. The van der Waals surface area contributed by atoms with Gasteiger partial charge >= 0.3 is 17.9 Å². The van der Waals surface area contributed by atoms with Gasteiger partial charge in [0.05, 0.1) is 13.1 Å². The van der Waals surface area contributed by atoms with Gasteiger partial charge in [-0.2, -0.15) is 0 Å². The Bertz CT molecular complexity index is 254. The minimum absolute atomic E-state index is 0.325. The molecule has 0 aliphatic carbocycles. The summed E-state index contributed by atoms with van der Waals surface area (Å²) in [5, 5.41) is 25.3. The number of nitrogens with zero attached hydrogens (tertiary/aromatic N) is 1. The van der Waals surface area contributed by atoms with E-state index in [0.29, 0.717) is 0 Å². The van der Waals surface area contributed by atoms with Crippen LogP contribution in [0.4, 0.5) is 0 Å². The molecular formula is C11H24N2O6. The van der Waals surface area contributed by atoms with Gasteiger partial charge in [-0.25, -0.2) is 0 Å². The van der Waals surface area contributed by atoms with Crippen molar-refractivity contribution in [2.75, 3.05) is 19.6 Å². The van der Waals surface area contributed by atoms with Crippen LogP contribution in [0.3, 0.4) is 0 Å². The third-order valence-corrected chi connectivity index (χ3v) is 1.49. The van der Waals surface area contributed by atoms with Crippen LogP contribution < -0.4 is 5.73 Å². The maximum absolute atomic E-state index is 10.4. The molecular weight excluding hydrogens is 256 g/mol. The molecule has 0 amide bonds. The molecule has 0 aliphatic heterocycles. The highest BCUT2D eigenvalue weighted by atomic mass is 16.4. The fraction of sp³-hybridized carbons (Fsp3) is 0.727. The molecule has 0 aromatic heterocycles. The molecule has 0 rings (SSSR count). The van der Waals surface area contributed by atoms with Crippen LogP contribution in [0.5, 0.6) is 0 Å². The Kier molecular flexibility index (Phi) is 17.0. The lowest BCUT2D eigenvalue weighted by molar-refractivity contribution is -0.145. The molecule has 0 aromatic rings. The minimum atomic E-state index is -1.31. The molecule has 1 unspecified atom stereocenters. The first-order chi connectivity index (χ1) is 8.82. The Morgan fingerprint density at radius 1 is 0.947 bits per heavy atom. The van der Waals surface area contributed by atoms with Crippen LogP contribution in [-0.4, -0.2) is 63.8 Å². The SMILES string of the molecule is CC.CC.NC(CN(CC(=O)O)CC(=O)O)C(=O)O. The molecule has 1 atom stereocenters. The van der Waals surface area contributed by atoms with E-state index in [0.717, 1.165) is 4.90 Å². The van der Waals surface area contributed by atoms with Gasteiger partial charge in [-0.1, -0.05) is 27.7 Å². The highest BCUT2D eigenvalue weighted by Crippen LogP contribution is 1.91. The number of carboxylic acids is 3. The van der Waals surface area contributed by atoms with Crippen molar-refractivity contribution in [2.24, 2.45) is 5.73 Å². The highest BCUT2D eigenvalue weighted by Gasteiger charge is 2.20. The van der Waals surface area contributed by atoms with E-state index in [1.165, 1.54) is 0 Å². The Labute approximate surface area is 112 Å². The topological polar surface area (TPSA) is 141 Å². The molecule has 0 fully saturated rings. The molecule has 0 bridgehead atoms. The minimum Gasteiger partial charge on any atom is -0.480 e. The molecule has 114 valence electrons. The van der Waals surface area contributed by atoms with Gasteiger partial charge in [0, 0.05) is 6.54 Å². The Morgan fingerprint density at radius 2 is 1.26 bits per heavy atom. The van der Waals surface area contributed by atoms with E-state index in [2.05, 4.69) is 0 Å². The maximum Gasteiger partial charge on any atom is 0.321 e. The van der Waals surface area contributed by atoms with Crippen LogP contribution in [0.25, 0.3) is 0 Å². The summed E-state index contributed by atoms with van der Waals surface area (Å²) in [5.41, 5.74) is 5.14. The third-order valence-electron chi connectivity index (χ3n) is 1.49. The Morgan fingerprint density at radius 3 is 1.47 bits per heavy atom. The Hall–Kier alpha value is -1.67. The first kappa shape index (κ1) is 22.5. The molecule has 0 radical (unpaired) electrons. The van der Waals surface area contributed by atoms with Crippen LogP contribution in [0.1, 0.15) is 27.7 Å². The summed E-state index contributed by atoms with van der Waals surface area (Å²) in [6.07, 6.45) is 0. The number of hydrogen-bond acceptors (Lipinski definition) is 5. The van der Waals surface area contributed by atoms with Crippen molar-refractivity contribution < 1.29 is 29.7 Å². The highest BCUT2D eigenvalue weighted by molar-refractivity contribution is 5.75. The molecule has 0 aromatic carbocycles. The van der Waals surface area contributed by atoms with Crippen LogP contribution in [0.15, 0.2) is 0 Å². The van der Waals surface area contributed by atoms with Crippen molar-refractivity contribution in [3.8, 4) is 0 Å². The van der Waals surface area contributed by atoms with Crippen molar-refractivity contribution in [3.05, 3.63) is 0 Å². The molecule has 0 aliphatic rings. The van der Waals surface area contributed by atoms with Gasteiger partial charge in [-0.3, -0.25) is 19.3 Å². The van der Waals surface area contributed by atoms with Gasteiger partial charge in [0.1, 0.15) is 6.04 Å². The average molecular weight is 280 g/mol. The average Bonchev–Trinajstić information content (AvgIpc) is 2.32. The molecule has 0 saturated carbocycles. The van der Waals surface area contributed by atoms with Crippen molar-refractivity contribution in [2.45, 2.75) is 33.7 Å². The van der Waals surface area contributed by atoms with E-state index in [1.807, 2.05) is 27.7 Å². The van der Waals surface area contributed by atoms with E-state index in [4.69, 9.17) is 21.1 Å². The van der Waals surface area contributed by atoms with E-state index in [-0.39, 0.29) is 6.54 Å². The molecule has 5 N–H and O–H groups in total. The number of nitrogens with two attached hydrogens (primary N) is 1. The molecule has 19 heavy (non-hydrogen) atoms. The first-order valence-electron chi connectivity index (χ1n) is 5.97. The summed E-state index contributed by atoms with van der Waals surface area (Å²) >= 11 is 0. The fourth-order valence-corrected chi connectivity index (χ4v) is 0.924. The predicted octanol–water partition coefficient (Wildman–Crippen LogP) is -0.0781. The number of carboxylic acid groups (broad SMARTS) is 3. The van der Waals surface area contributed by atoms with Crippen molar-refractivity contribution in [1.82, 2.24) is 4.90 Å². The molecule has 8 heteroatoms. The van der Waals surface area contributed by atoms with Gasteiger partial charge in [0.25, 0.3) is 0 Å². The summed E-state index contributed by atoms with van der Waals surface area (Å²) in [6, 6.07) is -1.30. The predicted molar refractivity (Wildman–Crippen MR) is 70.0 cm³/mol. The maximum atomic E-state index is 10.4. The van der Waals surface area contributed by atoms with Gasteiger partial charge in [0.15, 0.2) is 0 Å². The van der Waals surface area contributed by atoms with E-state index in [1.54, 1.807) is 0 Å². The van der Waals surface area contributed by atoms with Gasteiger partial charge < -0.3 is 21.1 Å². The normalized spacial score (nSPS) is 10.4. The van der Waals surface area contributed by atoms with E-state index < -0.39 is 37.0 Å². The molecule has 0 heterocycles. The summed E-state index contributed by atoms with van der Waals surface area (Å²) in [7, 11) is 0. The number of aliphatic carboxylic acids is 3. The monoisotopic (exact) mass is 280 g/mol. The quantitative estimate of drug-likeness (QED) is 0.507. The largest absolute Gasteiger partial charge is 0.480 e. The van der Waals surface area contributed by atoms with Crippen LogP contribution in [-0.2, 0) is 14.4 Å². The van der Waals surface area contributed by atoms with Crippen LogP contribution in [0, 0.1) is 0 Å². The van der Waals surface area contributed by atoms with E-state index >= 15 is 0 Å². The van der Waals surface area contributed by atoms with Crippen molar-refractivity contribution >= 4 is 17.9 Å². The summed E-state index contributed by atoms with van der Waals surface area (Å²) in [6.45, 7) is 6.55. The molecule has 0 spiro atoms. The van der Waals surface area contributed by atoms with Gasteiger partial charge in [-0.15, -0.1) is 0 Å². The zero-order chi connectivity index (χ0) is 16.0. The lowest BCUT2D eigenvalue weighted by Gasteiger charge is -2.19. The number of carbonyl (C=O) groups is 3. The zero-order valence-electron chi connectivity index (χ0n) is 11.8. The lowest BCUT2D eigenvalue weighted by Crippen LogP contribution is -2.46. The smallest absolute Gasteiger partial charge is 0.321 e. The Balaban J connectivity index is -0.000000579. The standard InChI is InChI=1S/C7H12N2O6.2C2H6/c8-4(7(14)15)1-9(2-5(10)11)3-6(12)13;2*1-2/h4H,1-3,8H2,(H,10,11)(H,12,13)(H,14,15);2*1-2H3. The third kappa shape index (κ3) is 16.3. The number of rotatable bonds is 7.